The quantitative estimate of drug-likeness (QED) is 0.798. The minimum absolute atomic E-state index is 0.193. The van der Waals surface area contributed by atoms with Gasteiger partial charge < -0.3 is 4.90 Å². The second kappa shape index (κ2) is 6.47. The summed E-state index contributed by atoms with van der Waals surface area (Å²) in [7, 11) is 1.94. The lowest BCUT2D eigenvalue weighted by Gasteiger charge is -2.41. The van der Waals surface area contributed by atoms with Gasteiger partial charge in [0, 0.05) is 31.5 Å². The number of rotatable bonds is 4. The Kier molecular flexibility index (Phi) is 4.63. The average molecular weight is 292 g/mol. The zero-order valence-corrected chi connectivity index (χ0v) is 13.2. The maximum Gasteiger partial charge on any atom is 0.236 e. The molecule has 1 heterocycles. The van der Waals surface area contributed by atoms with Gasteiger partial charge in [-0.3, -0.25) is 14.5 Å². The lowest BCUT2D eigenvalue weighted by Crippen LogP contribution is -2.51. The van der Waals surface area contributed by atoms with Crippen molar-refractivity contribution in [1.82, 2.24) is 9.80 Å². The van der Waals surface area contributed by atoms with E-state index >= 15 is 0 Å². The molecular formula is C17H28N2O2. The molecule has 0 aromatic carbocycles. The molecule has 3 aliphatic rings. The molecule has 3 fully saturated rings. The highest BCUT2D eigenvalue weighted by atomic mass is 16.2. The van der Waals surface area contributed by atoms with E-state index in [1.54, 1.807) is 0 Å². The molecule has 2 aliphatic carbocycles. The van der Waals surface area contributed by atoms with Crippen molar-refractivity contribution in [3.8, 4) is 0 Å². The van der Waals surface area contributed by atoms with Gasteiger partial charge in [-0.05, 0) is 45.1 Å². The number of hydrogen-bond acceptors (Lipinski definition) is 3. The molecule has 0 bridgehead atoms. The summed E-state index contributed by atoms with van der Waals surface area (Å²) < 4.78 is 0. The molecule has 4 heteroatoms. The summed E-state index contributed by atoms with van der Waals surface area (Å²) in [4.78, 5) is 28.9. The average Bonchev–Trinajstić information content (AvgIpc) is 3.32. The second-order valence-electron chi connectivity index (χ2n) is 7.09. The van der Waals surface area contributed by atoms with Crippen LogP contribution in [0, 0.1) is 5.92 Å². The van der Waals surface area contributed by atoms with E-state index in [4.69, 9.17) is 0 Å². The van der Waals surface area contributed by atoms with Gasteiger partial charge >= 0.3 is 0 Å². The molecule has 0 N–H and O–H groups in total. The first-order chi connectivity index (χ1) is 10.2. The van der Waals surface area contributed by atoms with Gasteiger partial charge in [-0.1, -0.05) is 12.8 Å². The van der Waals surface area contributed by atoms with Crippen LogP contribution in [0.1, 0.15) is 57.8 Å². The van der Waals surface area contributed by atoms with Crippen LogP contribution in [0.15, 0.2) is 0 Å². The van der Waals surface area contributed by atoms with Crippen molar-refractivity contribution < 1.29 is 9.59 Å². The summed E-state index contributed by atoms with van der Waals surface area (Å²) in [6.45, 7) is 1.50. The van der Waals surface area contributed by atoms with Gasteiger partial charge in [0.2, 0.25) is 5.91 Å². The van der Waals surface area contributed by atoms with Crippen LogP contribution in [0.3, 0.4) is 0 Å². The van der Waals surface area contributed by atoms with E-state index in [1.165, 1.54) is 12.8 Å². The van der Waals surface area contributed by atoms with E-state index in [0.717, 1.165) is 51.5 Å². The van der Waals surface area contributed by atoms with E-state index in [1.807, 2.05) is 11.9 Å². The number of piperidine rings is 1. The minimum atomic E-state index is 0.193. The first kappa shape index (κ1) is 15.0. The molecule has 1 saturated heterocycles. The fraction of sp³-hybridized carbons (Fsp3) is 0.882. The summed E-state index contributed by atoms with van der Waals surface area (Å²) in [5.41, 5.74) is 0. The Hall–Kier alpha value is -0.900. The number of nitrogens with zero attached hydrogens (tertiary/aromatic N) is 2. The Bertz CT molecular complexity index is 406. The lowest BCUT2D eigenvalue weighted by molar-refractivity contribution is -0.135. The van der Waals surface area contributed by atoms with Gasteiger partial charge in [-0.25, -0.2) is 0 Å². The summed E-state index contributed by atoms with van der Waals surface area (Å²) in [6.07, 6.45) is 9.81. The maximum atomic E-state index is 12.4. The van der Waals surface area contributed by atoms with Crippen LogP contribution < -0.4 is 0 Å². The van der Waals surface area contributed by atoms with Crippen LogP contribution in [-0.2, 0) is 9.59 Å². The molecule has 4 nitrogen and oxygen atoms in total. The predicted octanol–water partition coefficient (Wildman–Crippen LogP) is 2.22. The molecule has 118 valence electrons. The molecule has 2 unspecified atom stereocenters. The van der Waals surface area contributed by atoms with Gasteiger partial charge in [0.1, 0.15) is 5.78 Å². The van der Waals surface area contributed by atoms with Crippen LogP contribution >= 0.6 is 0 Å². The van der Waals surface area contributed by atoms with Crippen molar-refractivity contribution in [2.75, 3.05) is 20.1 Å². The Balaban J connectivity index is 1.63. The molecule has 3 rings (SSSR count). The van der Waals surface area contributed by atoms with E-state index in [9.17, 15) is 9.59 Å². The summed E-state index contributed by atoms with van der Waals surface area (Å²) >= 11 is 0. The molecule has 0 radical (unpaired) electrons. The Morgan fingerprint density at radius 2 is 1.90 bits per heavy atom. The molecule has 1 aliphatic heterocycles. The summed E-state index contributed by atoms with van der Waals surface area (Å²) in [5, 5.41) is 0. The molecular weight excluding hydrogens is 264 g/mol. The minimum Gasteiger partial charge on any atom is -0.342 e. The molecule has 0 aromatic rings. The summed E-state index contributed by atoms with van der Waals surface area (Å²) in [5.74, 6) is 0.881. The van der Waals surface area contributed by atoms with Gasteiger partial charge in [-0.15, -0.1) is 0 Å². The van der Waals surface area contributed by atoms with Crippen LogP contribution in [0.4, 0.5) is 0 Å². The van der Waals surface area contributed by atoms with Crippen molar-refractivity contribution in [2.45, 2.75) is 69.9 Å². The fourth-order valence-corrected chi connectivity index (χ4v) is 4.04. The number of ketones is 1. The number of carbonyl (C=O) groups excluding carboxylic acids is 2. The number of likely N-dealkylation sites (tertiary alicyclic amines) is 1. The zero-order chi connectivity index (χ0) is 14.8. The Morgan fingerprint density at radius 3 is 2.62 bits per heavy atom. The smallest absolute Gasteiger partial charge is 0.236 e. The number of amides is 1. The van der Waals surface area contributed by atoms with E-state index in [2.05, 4.69) is 4.90 Å². The predicted molar refractivity (Wildman–Crippen MR) is 82.0 cm³/mol. The number of Topliss-reactive ketones (excluding diaryl/α,β-unsaturated/α-hetero) is 1. The Morgan fingerprint density at radius 1 is 1.14 bits per heavy atom. The van der Waals surface area contributed by atoms with Crippen LogP contribution in [0.2, 0.25) is 0 Å². The number of likely N-dealkylation sites (N-methyl/N-ethyl adjacent to an activating group) is 1. The molecule has 2 atom stereocenters. The van der Waals surface area contributed by atoms with Crippen molar-refractivity contribution >= 4 is 11.7 Å². The lowest BCUT2D eigenvalue weighted by atomic mass is 9.79. The topological polar surface area (TPSA) is 40.6 Å². The molecule has 1 amide bonds. The maximum absolute atomic E-state index is 12.4. The van der Waals surface area contributed by atoms with Crippen LogP contribution in [0.25, 0.3) is 0 Å². The fourth-order valence-electron chi connectivity index (χ4n) is 4.04. The van der Waals surface area contributed by atoms with Gasteiger partial charge in [-0.2, -0.15) is 0 Å². The molecule has 2 saturated carbocycles. The van der Waals surface area contributed by atoms with Crippen molar-refractivity contribution in [2.24, 2.45) is 5.92 Å². The van der Waals surface area contributed by atoms with Gasteiger partial charge in [0.15, 0.2) is 0 Å². The first-order valence-corrected chi connectivity index (χ1v) is 8.69. The highest BCUT2D eigenvalue weighted by Gasteiger charge is 2.37. The van der Waals surface area contributed by atoms with E-state index < -0.39 is 0 Å². The molecule has 0 spiro atoms. The van der Waals surface area contributed by atoms with Gasteiger partial charge in [0.25, 0.3) is 0 Å². The largest absolute Gasteiger partial charge is 0.342 e. The third kappa shape index (κ3) is 3.47. The van der Waals surface area contributed by atoms with E-state index in [0.29, 0.717) is 24.4 Å². The number of hydrogen-bond donors (Lipinski definition) is 0. The molecule has 0 aromatic heterocycles. The SMILES string of the molecule is CN(C(=O)CN1CCCCC1C1CCCCC1=O)C1CC1. The van der Waals surface area contributed by atoms with Crippen LogP contribution in [-0.4, -0.2) is 53.7 Å². The zero-order valence-electron chi connectivity index (χ0n) is 13.2. The monoisotopic (exact) mass is 292 g/mol. The molecule has 21 heavy (non-hydrogen) atoms. The normalized spacial score (nSPS) is 31.2. The van der Waals surface area contributed by atoms with Gasteiger partial charge in [0.05, 0.1) is 6.54 Å². The Labute approximate surface area is 127 Å². The third-order valence-corrected chi connectivity index (χ3v) is 5.56. The van der Waals surface area contributed by atoms with Crippen LogP contribution in [0.5, 0.6) is 0 Å². The first-order valence-electron chi connectivity index (χ1n) is 8.69. The second-order valence-corrected chi connectivity index (χ2v) is 7.09. The van der Waals surface area contributed by atoms with E-state index in [-0.39, 0.29) is 11.8 Å². The highest BCUT2D eigenvalue weighted by molar-refractivity contribution is 5.82. The van der Waals surface area contributed by atoms with Crippen molar-refractivity contribution in [1.29, 1.82) is 0 Å². The summed E-state index contributed by atoms with van der Waals surface area (Å²) in [6, 6.07) is 0.806. The van der Waals surface area contributed by atoms with Crippen molar-refractivity contribution in [3.05, 3.63) is 0 Å². The third-order valence-electron chi connectivity index (χ3n) is 5.56. The highest BCUT2D eigenvalue weighted by Crippen LogP contribution is 2.32. The standard InChI is InChI=1S/C17H28N2O2/c1-18(13-9-10-13)17(21)12-19-11-5-4-7-15(19)14-6-2-3-8-16(14)20/h13-15H,2-12H2,1H3. The number of carbonyl (C=O) groups is 2. The van der Waals surface area contributed by atoms with Crippen molar-refractivity contribution in [3.63, 3.8) is 0 Å².